The van der Waals surface area contributed by atoms with Gasteiger partial charge in [0.15, 0.2) is 18.9 Å². The number of rotatable bonds is 25. The molecule has 19 heteroatoms. The topological polar surface area (TPSA) is 307 Å². The third-order valence-electron chi connectivity index (χ3n) is 10.6. The molecule has 3 heterocycles. The summed E-state index contributed by atoms with van der Waals surface area (Å²) >= 11 is 0. The number of carbonyl (C=O) groups is 1. The molecule has 1 amide bonds. The lowest BCUT2D eigenvalue weighted by Crippen LogP contribution is -2.66. The van der Waals surface area contributed by atoms with Crippen molar-refractivity contribution >= 4 is 5.91 Å². The molecular formula is C38H69NO18. The first-order chi connectivity index (χ1) is 27.3. The van der Waals surface area contributed by atoms with E-state index in [0.29, 0.717) is 6.42 Å². The van der Waals surface area contributed by atoms with Gasteiger partial charge in [-0.05, 0) is 19.3 Å². The van der Waals surface area contributed by atoms with Crippen molar-refractivity contribution in [2.75, 3.05) is 26.4 Å². The van der Waals surface area contributed by atoms with Gasteiger partial charge >= 0.3 is 0 Å². The van der Waals surface area contributed by atoms with Gasteiger partial charge in [0, 0.05) is 6.42 Å². The summed E-state index contributed by atoms with van der Waals surface area (Å²) in [5.74, 6) is -0.297. The van der Waals surface area contributed by atoms with Crippen LogP contribution in [-0.4, -0.2) is 193 Å². The lowest BCUT2D eigenvalue weighted by Gasteiger charge is -2.48. The van der Waals surface area contributed by atoms with E-state index < -0.39 is 124 Å². The van der Waals surface area contributed by atoms with Gasteiger partial charge in [0.25, 0.3) is 0 Å². The van der Waals surface area contributed by atoms with Crippen molar-refractivity contribution in [2.45, 2.75) is 195 Å². The number of hydrogen-bond acceptors (Lipinski definition) is 18. The van der Waals surface area contributed by atoms with Gasteiger partial charge in [0.1, 0.15) is 73.2 Å². The fraction of sp³-hybridized carbons (Fsp3) is 0.921. The lowest BCUT2D eigenvalue weighted by atomic mass is 9.96. The zero-order valence-corrected chi connectivity index (χ0v) is 33.1. The fourth-order valence-corrected chi connectivity index (χ4v) is 7.01. The van der Waals surface area contributed by atoms with Gasteiger partial charge in [-0.2, -0.15) is 0 Å². The van der Waals surface area contributed by atoms with E-state index in [1.807, 2.05) is 6.08 Å². The second-order valence-corrected chi connectivity index (χ2v) is 15.1. The SMILES string of the molecule is CCCCCCC/C=C/C(O)C(COC1OC(CO)C(OC2OC(CO)C(OC3OC(CO)C(O)C(O)C3O)C(O)C2O)C(O)C1O)NC(=O)CCCCCCC. The molecule has 3 aliphatic rings. The first-order valence-electron chi connectivity index (χ1n) is 20.4. The Bertz CT molecular complexity index is 1130. The number of unbranched alkanes of at least 4 members (excludes halogenated alkanes) is 9. The lowest BCUT2D eigenvalue weighted by molar-refractivity contribution is -0.379. The summed E-state index contributed by atoms with van der Waals surface area (Å²) in [6, 6.07) is -0.959. The summed E-state index contributed by atoms with van der Waals surface area (Å²) in [5, 5.41) is 118. The van der Waals surface area contributed by atoms with Crippen molar-refractivity contribution in [3.05, 3.63) is 12.2 Å². The van der Waals surface area contributed by atoms with E-state index in [1.54, 1.807) is 6.08 Å². The summed E-state index contributed by atoms with van der Waals surface area (Å²) in [4.78, 5) is 12.9. The quantitative estimate of drug-likeness (QED) is 0.0337. The van der Waals surface area contributed by atoms with E-state index in [2.05, 4.69) is 19.2 Å². The van der Waals surface area contributed by atoms with Crippen molar-refractivity contribution in [3.63, 3.8) is 0 Å². The first-order valence-corrected chi connectivity index (χ1v) is 20.4. The van der Waals surface area contributed by atoms with Crippen LogP contribution in [0, 0.1) is 0 Å². The van der Waals surface area contributed by atoms with Crippen LogP contribution in [0.15, 0.2) is 12.2 Å². The number of ether oxygens (including phenoxy) is 6. The van der Waals surface area contributed by atoms with Crippen LogP contribution in [-0.2, 0) is 33.2 Å². The number of aliphatic hydroxyl groups is 11. The number of hydrogen-bond donors (Lipinski definition) is 12. The maximum Gasteiger partial charge on any atom is 0.220 e. The molecule has 3 rings (SSSR count). The maximum atomic E-state index is 12.9. The molecule has 0 aromatic carbocycles. The summed E-state index contributed by atoms with van der Waals surface area (Å²) < 4.78 is 33.7. The summed E-state index contributed by atoms with van der Waals surface area (Å²) in [6.45, 7) is 1.46. The first kappa shape index (κ1) is 49.9. The minimum Gasteiger partial charge on any atom is -0.394 e. The van der Waals surface area contributed by atoms with E-state index in [4.69, 9.17) is 28.4 Å². The van der Waals surface area contributed by atoms with E-state index in [9.17, 15) is 61.0 Å². The number of aliphatic hydroxyl groups excluding tert-OH is 11. The molecule has 3 fully saturated rings. The molecule has 12 N–H and O–H groups in total. The molecule has 17 unspecified atom stereocenters. The standard InChI is InChI=1S/C38H69NO18/c1-3-5-7-9-10-12-13-15-22(43)21(39-26(44)16-14-11-8-6-4-2)20-52-36-32(50)29(47)34(24(18-41)54-36)57-38-33(51)30(48)35(25(19-42)55-38)56-37-31(49)28(46)27(45)23(17-40)53-37/h13,15,21-25,27-38,40-43,45-51H,3-12,14,16-20H2,1-2H3,(H,39,44)/b15-13+. The zero-order chi connectivity index (χ0) is 42.1. The van der Waals surface area contributed by atoms with E-state index >= 15 is 0 Å². The van der Waals surface area contributed by atoms with Gasteiger partial charge in [0.05, 0.1) is 38.6 Å². The number of nitrogens with one attached hydrogen (secondary N) is 1. The molecule has 3 saturated heterocycles. The van der Waals surface area contributed by atoms with E-state index in [-0.39, 0.29) is 18.9 Å². The number of allylic oxidation sites excluding steroid dienone is 1. The molecule has 0 spiro atoms. The van der Waals surface area contributed by atoms with Crippen LogP contribution in [0.25, 0.3) is 0 Å². The molecule has 19 nitrogen and oxygen atoms in total. The molecule has 17 atom stereocenters. The van der Waals surface area contributed by atoms with Crippen molar-refractivity contribution in [1.29, 1.82) is 0 Å². The van der Waals surface area contributed by atoms with Gasteiger partial charge < -0.3 is 89.9 Å². The molecular weight excluding hydrogens is 758 g/mol. The van der Waals surface area contributed by atoms with Crippen LogP contribution in [0.1, 0.15) is 90.9 Å². The van der Waals surface area contributed by atoms with E-state index in [1.165, 1.54) is 0 Å². The summed E-state index contributed by atoms with van der Waals surface area (Å²) in [6.07, 6.45) is -12.3. The molecule has 0 aromatic rings. The van der Waals surface area contributed by atoms with Crippen LogP contribution < -0.4 is 5.32 Å². The Hall–Kier alpha value is -1.47. The third-order valence-corrected chi connectivity index (χ3v) is 10.6. The Kier molecular flexibility index (Phi) is 22.8. The number of carbonyl (C=O) groups excluding carboxylic acids is 1. The Labute approximate surface area is 334 Å². The molecule has 334 valence electrons. The highest BCUT2D eigenvalue weighted by Gasteiger charge is 2.53. The molecule has 0 aromatic heterocycles. The average Bonchev–Trinajstić information content (AvgIpc) is 3.20. The smallest absolute Gasteiger partial charge is 0.220 e. The normalized spacial score (nSPS) is 37.3. The summed E-state index contributed by atoms with van der Waals surface area (Å²) in [5.41, 5.74) is 0. The van der Waals surface area contributed by atoms with Crippen LogP contribution in [0.2, 0.25) is 0 Å². The molecule has 3 aliphatic heterocycles. The Morgan fingerprint density at radius 2 is 1.09 bits per heavy atom. The van der Waals surface area contributed by atoms with Crippen LogP contribution in [0.3, 0.4) is 0 Å². The van der Waals surface area contributed by atoms with Gasteiger partial charge in [0.2, 0.25) is 5.91 Å². The van der Waals surface area contributed by atoms with Crippen LogP contribution in [0.5, 0.6) is 0 Å². The van der Waals surface area contributed by atoms with Gasteiger partial charge in [-0.3, -0.25) is 4.79 Å². The zero-order valence-electron chi connectivity index (χ0n) is 33.1. The van der Waals surface area contributed by atoms with Crippen molar-refractivity contribution < 1.29 is 89.4 Å². The average molecular weight is 828 g/mol. The van der Waals surface area contributed by atoms with Crippen LogP contribution in [0.4, 0.5) is 0 Å². The second-order valence-electron chi connectivity index (χ2n) is 15.1. The summed E-state index contributed by atoms with van der Waals surface area (Å²) in [7, 11) is 0. The van der Waals surface area contributed by atoms with Crippen LogP contribution >= 0.6 is 0 Å². The van der Waals surface area contributed by atoms with Crippen molar-refractivity contribution in [3.8, 4) is 0 Å². The largest absolute Gasteiger partial charge is 0.394 e. The van der Waals surface area contributed by atoms with E-state index in [0.717, 1.165) is 64.2 Å². The highest BCUT2D eigenvalue weighted by Crippen LogP contribution is 2.32. The third kappa shape index (κ3) is 14.6. The highest BCUT2D eigenvalue weighted by atomic mass is 16.8. The van der Waals surface area contributed by atoms with Gasteiger partial charge in [-0.1, -0.05) is 77.4 Å². The molecule has 0 bridgehead atoms. The van der Waals surface area contributed by atoms with Crippen molar-refractivity contribution in [2.24, 2.45) is 0 Å². The second kappa shape index (κ2) is 26.0. The van der Waals surface area contributed by atoms with Gasteiger partial charge in [-0.25, -0.2) is 0 Å². The Morgan fingerprint density at radius 3 is 1.63 bits per heavy atom. The molecule has 0 radical (unpaired) electrons. The predicted octanol–water partition coefficient (Wildman–Crippen LogP) is -2.43. The van der Waals surface area contributed by atoms with Crippen molar-refractivity contribution in [1.82, 2.24) is 5.32 Å². The maximum absolute atomic E-state index is 12.9. The van der Waals surface area contributed by atoms with Gasteiger partial charge in [-0.15, -0.1) is 0 Å². The monoisotopic (exact) mass is 827 g/mol. The molecule has 57 heavy (non-hydrogen) atoms. The highest BCUT2D eigenvalue weighted by molar-refractivity contribution is 5.76. The molecule has 0 aliphatic carbocycles. The predicted molar refractivity (Wildman–Crippen MR) is 199 cm³/mol. The Morgan fingerprint density at radius 1 is 0.614 bits per heavy atom. The molecule has 0 saturated carbocycles. The Balaban J connectivity index is 1.64. The minimum atomic E-state index is -1.97. The fourth-order valence-electron chi connectivity index (χ4n) is 7.01. The number of amides is 1. The minimum absolute atomic E-state index is 0.239.